The van der Waals surface area contributed by atoms with Gasteiger partial charge in [0.1, 0.15) is 6.10 Å². The smallest absolute Gasteiger partial charge is 0.180 e. The molecule has 0 saturated carbocycles. The SMILES string of the molecule is COc1cc(Nc2nc(-c3cnc4cc[nH]c4c3)cn3ccnc23)ccc1OC1CCOCC1. The second kappa shape index (κ2) is 8.68. The van der Waals surface area contributed by atoms with E-state index in [-0.39, 0.29) is 6.10 Å². The van der Waals surface area contributed by atoms with Gasteiger partial charge in [0.2, 0.25) is 0 Å². The lowest BCUT2D eigenvalue weighted by atomic mass is 10.1. The third kappa shape index (κ3) is 3.90. The molecule has 0 radical (unpaired) electrons. The average Bonchev–Trinajstić information content (AvgIpc) is 3.54. The number of hydrogen-bond acceptors (Lipinski definition) is 7. The van der Waals surface area contributed by atoms with Crippen molar-refractivity contribution in [2.24, 2.45) is 0 Å². The fraction of sp³-hybridized carbons (Fsp3) is 0.240. The van der Waals surface area contributed by atoms with Gasteiger partial charge in [-0.2, -0.15) is 0 Å². The Kier molecular flexibility index (Phi) is 5.23. The second-order valence-electron chi connectivity index (χ2n) is 8.19. The summed E-state index contributed by atoms with van der Waals surface area (Å²) in [6.07, 6.45) is 11.2. The Morgan fingerprint density at radius 2 is 2.03 bits per heavy atom. The molecule has 0 amide bonds. The van der Waals surface area contributed by atoms with Crippen LogP contribution >= 0.6 is 0 Å². The lowest BCUT2D eigenvalue weighted by molar-refractivity contribution is 0.0245. The van der Waals surface area contributed by atoms with Crippen molar-refractivity contribution in [3.8, 4) is 22.8 Å². The Labute approximate surface area is 195 Å². The molecule has 1 saturated heterocycles. The van der Waals surface area contributed by atoms with Gasteiger partial charge in [-0.3, -0.25) is 4.98 Å². The summed E-state index contributed by atoms with van der Waals surface area (Å²) in [5.74, 6) is 2.01. The zero-order chi connectivity index (χ0) is 22.9. The van der Waals surface area contributed by atoms with Crippen LogP contribution in [-0.2, 0) is 4.74 Å². The summed E-state index contributed by atoms with van der Waals surface area (Å²) in [5.41, 5.74) is 5.11. The molecular formula is C25H24N6O3. The van der Waals surface area contributed by atoms with Crippen LogP contribution in [0.4, 0.5) is 11.5 Å². The first-order valence-corrected chi connectivity index (χ1v) is 11.2. The number of aromatic nitrogens is 5. The molecule has 0 spiro atoms. The van der Waals surface area contributed by atoms with E-state index in [0.717, 1.165) is 65.4 Å². The minimum atomic E-state index is 0.134. The van der Waals surface area contributed by atoms with Crippen LogP contribution in [-0.4, -0.2) is 50.8 Å². The maximum atomic E-state index is 6.17. The number of fused-ring (bicyclic) bond motifs is 2. The highest BCUT2D eigenvalue weighted by Gasteiger charge is 2.18. The summed E-state index contributed by atoms with van der Waals surface area (Å²) in [5, 5.41) is 3.40. The first-order chi connectivity index (χ1) is 16.8. The average molecular weight is 457 g/mol. The fourth-order valence-electron chi connectivity index (χ4n) is 4.18. The summed E-state index contributed by atoms with van der Waals surface area (Å²) in [6, 6.07) is 9.78. The monoisotopic (exact) mass is 456 g/mol. The molecule has 4 aromatic heterocycles. The standard InChI is InChI=1S/C25H24N6O3/c1-32-23-13-17(2-3-22(23)34-18-5-10-33-11-6-18)29-24-25-27-8-9-31(25)15-21(30-24)16-12-20-19(28-14-16)4-7-26-20/h2-4,7-9,12-15,18,26H,5-6,10-11H2,1H3,(H,29,30). The Balaban J connectivity index is 1.32. The number of imidazole rings is 1. The molecule has 5 aromatic rings. The minimum Gasteiger partial charge on any atom is -0.493 e. The Bertz CT molecular complexity index is 1450. The predicted octanol–water partition coefficient (Wildman–Crippen LogP) is 4.58. The van der Waals surface area contributed by atoms with E-state index in [1.807, 2.05) is 59.5 Å². The van der Waals surface area contributed by atoms with Gasteiger partial charge in [0, 0.05) is 61.1 Å². The Hall–Kier alpha value is -4.11. The van der Waals surface area contributed by atoms with Crippen LogP contribution in [0, 0.1) is 0 Å². The van der Waals surface area contributed by atoms with E-state index < -0.39 is 0 Å². The van der Waals surface area contributed by atoms with Crippen LogP contribution in [0.3, 0.4) is 0 Å². The van der Waals surface area contributed by atoms with Gasteiger partial charge < -0.3 is 28.9 Å². The number of benzene rings is 1. The van der Waals surface area contributed by atoms with Gasteiger partial charge in [-0.25, -0.2) is 9.97 Å². The van der Waals surface area contributed by atoms with Gasteiger partial charge in [0.25, 0.3) is 0 Å². The predicted molar refractivity (Wildman–Crippen MR) is 129 cm³/mol. The maximum Gasteiger partial charge on any atom is 0.180 e. The molecule has 0 unspecified atom stereocenters. The van der Waals surface area contributed by atoms with E-state index in [9.17, 15) is 0 Å². The number of nitrogens with zero attached hydrogens (tertiary/aromatic N) is 4. The number of hydrogen-bond donors (Lipinski definition) is 2. The minimum absolute atomic E-state index is 0.134. The fourth-order valence-corrected chi connectivity index (χ4v) is 4.18. The van der Waals surface area contributed by atoms with E-state index >= 15 is 0 Å². The molecular weight excluding hydrogens is 432 g/mol. The van der Waals surface area contributed by atoms with E-state index in [4.69, 9.17) is 19.2 Å². The third-order valence-corrected chi connectivity index (χ3v) is 5.96. The Morgan fingerprint density at radius 3 is 2.91 bits per heavy atom. The molecule has 0 bridgehead atoms. The highest BCUT2D eigenvalue weighted by atomic mass is 16.5. The van der Waals surface area contributed by atoms with Crippen molar-refractivity contribution in [1.29, 1.82) is 0 Å². The molecule has 6 rings (SSSR count). The van der Waals surface area contributed by atoms with Crippen molar-refractivity contribution in [2.45, 2.75) is 18.9 Å². The number of anilines is 2. The molecule has 1 aromatic carbocycles. The molecule has 0 aliphatic carbocycles. The largest absolute Gasteiger partial charge is 0.493 e. The Morgan fingerprint density at radius 1 is 1.12 bits per heavy atom. The quantitative estimate of drug-likeness (QED) is 0.386. The van der Waals surface area contributed by atoms with Gasteiger partial charge in [0.05, 0.1) is 37.1 Å². The van der Waals surface area contributed by atoms with E-state index in [0.29, 0.717) is 11.6 Å². The molecule has 172 valence electrons. The number of nitrogens with one attached hydrogen (secondary N) is 2. The highest BCUT2D eigenvalue weighted by molar-refractivity contribution is 5.81. The van der Waals surface area contributed by atoms with Crippen molar-refractivity contribution in [3.63, 3.8) is 0 Å². The van der Waals surface area contributed by atoms with Crippen molar-refractivity contribution in [1.82, 2.24) is 24.3 Å². The van der Waals surface area contributed by atoms with Gasteiger partial charge in [-0.15, -0.1) is 0 Å². The van der Waals surface area contributed by atoms with Gasteiger partial charge >= 0.3 is 0 Å². The van der Waals surface area contributed by atoms with E-state index in [2.05, 4.69) is 20.3 Å². The number of methoxy groups -OCH3 is 1. The van der Waals surface area contributed by atoms with Crippen LogP contribution in [0.15, 0.2) is 61.3 Å². The molecule has 1 fully saturated rings. The van der Waals surface area contributed by atoms with Crippen molar-refractivity contribution < 1.29 is 14.2 Å². The number of rotatable bonds is 6. The molecule has 5 heterocycles. The van der Waals surface area contributed by atoms with Crippen LogP contribution in [0.5, 0.6) is 11.5 Å². The first-order valence-electron chi connectivity index (χ1n) is 11.2. The molecule has 1 aliphatic rings. The van der Waals surface area contributed by atoms with Gasteiger partial charge in [-0.05, 0) is 24.3 Å². The highest BCUT2D eigenvalue weighted by Crippen LogP contribution is 2.34. The summed E-state index contributed by atoms with van der Waals surface area (Å²) in [6.45, 7) is 1.45. The van der Waals surface area contributed by atoms with Crippen LogP contribution in [0.1, 0.15) is 12.8 Å². The molecule has 1 aliphatic heterocycles. The summed E-state index contributed by atoms with van der Waals surface area (Å²) < 4.78 is 19.2. The van der Waals surface area contributed by atoms with Crippen LogP contribution in [0.25, 0.3) is 27.9 Å². The topological polar surface area (TPSA) is 98.6 Å². The van der Waals surface area contributed by atoms with E-state index in [1.165, 1.54) is 0 Å². The van der Waals surface area contributed by atoms with Crippen molar-refractivity contribution in [2.75, 3.05) is 25.6 Å². The lowest BCUT2D eigenvalue weighted by Gasteiger charge is -2.24. The molecule has 9 nitrogen and oxygen atoms in total. The summed E-state index contributed by atoms with van der Waals surface area (Å²) >= 11 is 0. The zero-order valence-corrected chi connectivity index (χ0v) is 18.7. The van der Waals surface area contributed by atoms with E-state index in [1.54, 1.807) is 13.3 Å². The molecule has 34 heavy (non-hydrogen) atoms. The molecule has 0 atom stereocenters. The third-order valence-electron chi connectivity index (χ3n) is 5.96. The number of aromatic amines is 1. The first kappa shape index (κ1) is 20.5. The van der Waals surface area contributed by atoms with Gasteiger partial charge in [-0.1, -0.05) is 0 Å². The van der Waals surface area contributed by atoms with Crippen LogP contribution in [0.2, 0.25) is 0 Å². The number of H-pyrrole nitrogens is 1. The normalized spacial score (nSPS) is 14.5. The second-order valence-corrected chi connectivity index (χ2v) is 8.19. The molecule has 2 N–H and O–H groups in total. The van der Waals surface area contributed by atoms with Gasteiger partial charge in [0.15, 0.2) is 23.0 Å². The zero-order valence-electron chi connectivity index (χ0n) is 18.7. The van der Waals surface area contributed by atoms with Crippen LogP contribution < -0.4 is 14.8 Å². The summed E-state index contributed by atoms with van der Waals surface area (Å²) in [7, 11) is 1.64. The summed E-state index contributed by atoms with van der Waals surface area (Å²) in [4.78, 5) is 17.1. The maximum absolute atomic E-state index is 6.17. The number of ether oxygens (including phenoxy) is 3. The lowest BCUT2D eigenvalue weighted by Crippen LogP contribution is -2.26. The van der Waals surface area contributed by atoms with Crippen molar-refractivity contribution in [3.05, 3.63) is 61.3 Å². The van der Waals surface area contributed by atoms with Crippen molar-refractivity contribution >= 4 is 28.2 Å². The molecule has 9 heteroatoms. The number of pyridine rings is 1.